The van der Waals surface area contributed by atoms with E-state index in [4.69, 9.17) is 4.74 Å². The summed E-state index contributed by atoms with van der Waals surface area (Å²) in [5, 5.41) is 9.42. The van der Waals surface area contributed by atoms with Gasteiger partial charge in [0.05, 0.1) is 18.5 Å². The molecule has 1 aromatic heterocycles. The summed E-state index contributed by atoms with van der Waals surface area (Å²) in [6, 6.07) is 7.49. The van der Waals surface area contributed by atoms with Crippen LogP contribution in [0.4, 0.5) is 17.1 Å². The fourth-order valence-electron chi connectivity index (χ4n) is 2.97. The monoisotopic (exact) mass is 310 g/mol. The number of esters is 1. The second-order valence-corrected chi connectivity index (χ2v) is 5.43. The van der Waals surface area contributed by atoms with Gasteiger partial charge in [0.2, 0.25) is 5.91 Å². The third-order valence-electron chi connectivity index (χ3n) is 4.10. The van der Waals surface area contributed by atoms with E-state index < -0.39 is 11.9 Å². The van der Waals surface area contributed by atoms with Crippen LogP contribution in [0.3, 0.4) is 0 Å². The maximum atomic E-state index is 12.0. The molecule has 3 N–H and O–H groups in total. The number of carbonyl (C=O) groups is 2. The zero-order chi connectivity index (χ0) is 16.0. The van der Waals surface area contributed by atoms with E-state index in [0.717, 1.165) is 16.9 Å². The number of nitrogens with zero attached hydrogens (tertiary/aromatic N) is 1. The Morgan fingerprint density at radius 2 is 1.83 bits per heavy atom. The molecule has 7 nitrogen and oxygen atoms in total. The number of rotatable bonds is 2. The molecule has 1 aromatic carbocycles. The predicted octanol–water partition coefficient (Wildman–Crippen LogP) is 1.83. The van der Waals surface area contributed by atoms with E-state index in [2.05, 4.69) is 20.9 Å². The van der Waals surface area contributed by atoms with Crippen LogP contribution < -0.4 is 16.0 Å². The van der Waals surface area contributed by atoms with Crippen LogP contribution in [-0.4, -0.2) is 24.0 Å². The minimum absolute atomic E-state index is 0.0807. The highest BCUT2D eigenvalue weighted by Gasteiger charge is 2.39. The Labute approximate surface area is 132 Å². The lowest BCUT2D eigenvalue weighted by Crippen LogP contribution is -2.21. The molecule has 2 aliphatic heterocycles. The number of methoxy groups -OCH3 is 1. The maximum Gasteiger partial charge on any atom is 0.322 e. The van der Waals surface area contributed by atoms with Crippen LogP contribution in [-0.2, 0) is 14.3 Å². The first kappa shape index (κ1) is 13.6. The smallest absolute Gasteiger partial charge is 0.322 e. The van der Waals surface area contributed by atoms with Gasteiger partial charge in [-0.1, -0.05) is 0 Å². The highest BCUT2D eigenvalue weighted by atomic mass is 16.5. The summed E-state index contributed by atoms with van der Waals surface area (Å²) in [4.78, 5) is 27.8. The third-order valence-corrected chi connectivity index (χ3v) is 4.10. The molecule has 7 heteroatoms. The van der Waals surface area contributed by atoms with Crippen LogP contribution in [0.5, 0.6) is 0 Å². The number of anilines is 3. The summed E-state index contributed by atoms with van der Waals surface area (Å²) in [5.41, 5.74) is 4.02. The van der Waals surface area contributed by atoms with Gasteiger partial charge in [0.1, 0.15) is 6.17 Å². The average Bonchev–Trinajstić information content (AvgIpc) is 3.12. The van der Waals surface area contributed by atoms with E-state index in [1.165, 1.54) is 7.11 Å². The molecule has 2 unspecified atom stereocenters. The molecule has 0 fully saturated rings. The summed E-state index contributed by atoms with van der Waals surface area (Å²) >= 11 is 0. The maximum absolute atomic E-state index is 12.0. The number of benzene rings is 1. The van der Waals surface area contributed by atoms with Crippen LogP contribution in [0.1, 0.15) is 23.2 Å². The number of hydrogen-bond acceptors (Lipinski definition) is 6. The van der Waals surface area contributed by atoms with Crippen molar-refractivity contribution in [2.75, 3.05) is 23.1 Å². The second kappa shape index (κ2) is 4.98. The minimum atomic E-state index is -0.915. The Balaban J connectivity index is 1.68. The zero-order valence-corrected chi connectivity index (χ0v) is 12.3. The van der Waals surface area contributed by atoms with Gasteiger partial charge in [0, 0.05) is 23.6 Å². The van der Waals surface area contributed by atoms with Gasteiger partial charge in [-0.2, -0.15) is 0 Å². The molecule has 4 rings (SSSR count). The van der Waals surface area contributed by atoms with Crippen molar-refractivity contribution in [3.63, 3.8) is 0 Å². The molecule has 23 heavy (non-hydrogen) atoms. The highest BCUT2D eigenvalue weighted by Crippen LogP contribution is 2.43. The third kappa shape index (κ3) is 2.09. The molecule has 3 heterocycles. The first-order valence-electron chi connectivity index (χ1n) is 7.17. The number of hydrogen-bond donors (Lipinski definition) is 3. The van der Waals surface area contributed by atoms with Crippen molar-refractivity contribution < 1.29 is 14.3 Å². The first-order valence-corrected chi connectivity index (χ1v) is 7.17. The molecular formula is C16H14N4O3. The van der Waals surface area contributed by atoms with E-state index in [1.54, 1.807) is 12.4 Å². The van der Waals surface area contributed by atoms with Crippen molar-refractivity contribution in [2.45, 2.75) is 12.1 Å². The normalized spacial score (nSPS) is 20.8. The lowest BCUT2D eigenvalue weighted by atomic mass is 10.00. The molecule has 0 saturated carbocycles. The summed E-state index contributed by atoms with van der Waals surface area (Å²) in [6.07, 6.45) is 3.38. The molecule has 1 amide bonds. The molecule has 2 aromatic rings. The lowest BCUT2D eigenvalue weighted by molar-refractivity contribution is -0.144. The fourth-order valence-corrected chi connectivity index (χ4v) is 2.97. The van der Waals surface area contributed by atoms with Crippen LogP contribution in [0.2, 0.25) is 0 Å². The molecule has 0 aliphatic carbocycles. The summed E-state index contributed by atoms with van der Waals surface area (Å²) < 4.78 is 4.73. The van der Waals surface area contributed by atoms with Crippen molar-refractivity contribution in [3.8, 4) is 0 Å². The summed E-state index contributed by atoms with van der Waals surface area (Å²) in [7, 11) is 1.28. The Morgan fingerprint density at radius 1 is 1.13 bits per heavy atom. The largest absolute Gasteiger partial charge is 0.468 e. The topological polar surface area (TPSA) is 92.4 Å². The van der Waals surface area contributed by atoms with E-state index in [-0.39, 0.29) is 12.1 Å². The standard InChI is InChI=1S/C16H14N4O3/c1-23-16(22)13-9-6-11-12(7-10(9)20-15(13)21)19-14(18-11)8-2-4-17-5-3-8/h2-7,13-14,18-19H,1H3,(H,20,21). The Morgan fingerprint density at radius 3 is 2.52 bits per heavy atom. The lowest BCUT2D eigenvalue weighted by Gasteiger charge is -2.11. The molecule has 2 aliphatic rings. The van der Waals surface area contributed by atoms with Gasteiger partial charge in [-0.3, -0.25) is 14.6 Å². The van der Waals surface area contributed by atoms with Gasteiger partial charge in [-0.15, -0.1) is 0 Å². The Bertz CT molecular complexity index is 806. The second-order valence-electron chi connectivity index (χ2n) is 5.43. The average molecular weight is 310 g/mol. The number of aromatic nitrogens is 1. The highest BCUT2D eigenvalue weighted by molar-refractivity contribution is 6.15. The van der Waals surface area contributed by atoms with Crippen molar-refractivity contribution in [3.05, 3.63) is 47.8 Å². The van der Waals surface area contributed by atoms with Gasteiger partial charge in [-0.25, -0.2) is 0 Å². The number of carbonyl (C=O) groups excluding carboxylic acids is 2. The fraction of sp³-hybridized carbons (Fsp3) is 0.188. The quantitative estimate of drug-likeness (QED) is 0.579. The number of pyridine rings is 1. The van der Waals surface area contributed by atoms with E-state index >= 15 is 0 Å². The van der Waals surface area contributed by atoms with Crippen molar-refractivity contribution >= 4 is 28.9 Å². The van der Waals surface area contributed by atoms with Gasteiger partial charge in [-0.05, 0) is 29.8 Å². The van der Waals surface area contributed by atoms with Gasteiger partial charge >= 0.3 is 5.97 Å². The van der Waals surface area contributed by atoms with Crippen molar-refractivity contribution in [1.29, 1.82) is 0 Å². The number of ether oxygens (including phenoxy) is 1. The van der Waals surface area contributed by atoms with Gasteiger partial charge < -0.3 is 20.7 Å². The molecule has 0 saturated heterocycles. The first-order chi connectivity index (χ1) is 11.2. The van der Waals surface area contributed by atoms with Crippen LogP contribution in [0.25, 0.3) is 0 Å². The summed E-state index contributed by atoms with van der Waals surface area (Å²) in [5.74, 6) is -1.83. The van der Waals surface area contributed by atoms with Crippen molar-refractivity contribution in [1.82, 2.24) is 4.98 Å². The molecule has 116 valence electrons. The minimum Gasteiger partial charge on any atom is -0.468 e. The van der Waals surface area contributed by atoms with E-state index in [9.17, 15) is 9.59 Å². The SMILES string of the molecule is COC(=O)C1C(=O)Nc2cc3c(cc21)NC(c1ccncc1)N3. The molecule has 0 spiro atoms. The number of fused-ring (bicyclic) bond motifs is 2. The molecular weight excluding hydrogens is 296 g/mol. The Hall–Kier alpha value is -3.09. The van der Waals surface area contributed by atoms with E-state index in [1.807, 2.05) is 24.3 Å². The number of nitrogens with one attached hydrogen (secondary N) is 3. The van der Waals surface area contributed by atoms with Crippen LogP contribution in [0, 0.1) is 0 Å². The van der Waals surface area contributed by atoms with Crippen molar-refractivity contribution in [2.24, 2.45) is 0 Å². The van der Waals surface area contributed by atoms with Gasteiger partial charge in [0.15, 0.2) is 5.92 Å². The molecule has 0 radical (unpaired) electrons. The van der Waals surface area contributed by atoms with Crippen LogP contribution >= 0.6 is 0 Å². The summed E-state index contributed by atoms with van der Waals surface area (Å²) in [6.45, 7) is 0. The molecule has 0 bridgehead atoms. The van der Waals surface area contributed by atoms with Gasteiger partial charge in [0.25, 0.3) is 0 Å². The van der Waals surface area contributed by atoms with E-state index in [0.29, 0.717) is 11.3 Å². The number of amides is 1. The van der Waals surface area contributed by atoms with Crippen LogP contribution in [0.15, 0.2) is 36.7 Å². The Kier molecular flexibility index (Phi) is 2.94. The predicted molar refractivity (Wildman–Crippen MR) is 84.1 cm³/mol. The zero-order valence-electron chi connectivity index (χ0n) is 12.3. The molecule has 2 atom stereocenters.